The molecule has 1 heterocycles. The molecule has 0 aliphatic heterocycles. The van der Waals surface area contributed by atoms with Crippen molar-refractivity contribution in [2.75, 3.05) is 6.54 Å². The zero-order valence-corrected chi connectivity index (χ0v) is 11.3. The van der Waals surface area contributed by atoms with Gasteiger partial charge >= 0.3 is 5.97 Å². The molecular weight excluding hydrogens is 288 g/mol. The maximum absolute atomic E-state index is 11.8. The number of guanidine groups is 1. The number of aliphatic carboxylic acids is 1. The second-order valence-electron chi connectivity index (χ2n) is 3.89. The fourth-order valence-electron chi connectivity index (χ4n) is 1.40. The summed E-state index contributed by atoms with van der Waals surface area (Å²) in [5, 5.41) is 8.66. The minimum absolute atomic E-state index is 0.0477. The zero-order valence-electron chi connectivity index (χ0n) is 10.5. The van der Waals surface area contributed by atoms with Crippen molar-refractivity contribution in [1.29, 1.82) is 0 Å². The van der Waals surface area contributed by atoms with Crippen molar-refractivity contribution in [3.05, 3.63) is 18.4 Å². The highest BCUT2D eigenvalue weighted by molar-refractivity contribution is 7.89. The highest BCUT2D eigenvalue weighted by Crippen LogP contribution is 2.11. The lowest BCUT2D eigenvalue weighted by Crippen LogP contribution is -2.40. The number of carboxylic acids is 1. The Kier molecular flexibility index (Phi) is 5.53. The average Bonchev–Trinajstić information content (AvgIpc) is 2.86. The number of nitrogens with zero attached hydrogens (tertiary/aromatic N) is 1. The SMILES string of the molecule is NC(N)=NCCC[C@H](NS(=O)(=O)c1ccco1)C(=O)O. The van der Waals surface area contributed by atoms with Gasteiger partial charge in [0.25, 0.3) is 10.0 Å². The van der Waals surface area contributed by atoms with E-state index in [2.05, 4.69) is 9.71 Å². The molecule has 0 aromatic carbocycles. The molecule has 9 nitrogen and oxygen atoms in total. The summed E-state index contributed by atoms with van der Waals surface area (Å²) >= 11 is 0. The Morgan fingerprint density at radius 3 is 2.70 bits per heavy atom. The first-order chi connectivity index (χ1) is 9.33. The second kappa shape index (κ2) is 6.91. The number of nitrogens with one attached hydrogen (secondary N) is 1. The topological polar surface area (TPSA) is 161 Å². The molecule has 0 aliphatic carbocycles. The van der Waals surface area contributed by atoms with Crippen LogP contribution in [0.1, 0.15) is 12.8 Å². The normalized spacial score (nSPS) is 12.8. The van der Waals surface area contributed by atoms with Crippen molar-refractivity contribution >= 4 is 22.0 Å². The molecule has 0 amide bonds. The number of furan rings is 1. The predicted octanol–water partition coefficient (Wildman–Crippen LogP) is -0.935. The van der Waals surface area contributed by atoms with Crippen LogP contribution in [0.3, 0.4) is 0 Å². The lowest BCUT2D eigenvalue weighted by molar-refractivity contribution is -0.139. The zero-order chi connectivity index (χ0) is 15.2. The van der Waals surface area contributed by atoms with E-state index in [0.717, 1.165) is 0 Å². The molecule has 1 atom stereocenters. The molecule has 0 unspecified atom stereocenters. The number of carboxylic acid groups (broad SMARTS) is 1. The van der Waals surface area contributed by atoms with Gasteiger partial charge in [-0.15, -0.1) is 0 Å². The summed E-state index contributed by atoms with van der Waals surface area (Å²) in [7, 11) is -4.00. The van der Waals surface area contributed by atoms with E-state index < -0.39 is 22.0 Å². The molecule has 112 valence electrons. The molecule has 10 heteroatoms. The van der Waals surface area contributed by atoms with Crippen LogP contribution in [0, 0.1) is 0 Å². The number of carbonyl (C=O) groups is 1. The van der Waals surface area contributed by atoms with Crippen LogP contribution in [-0.4, -0.2) is 38.0 Å². The number of hydrogen-bond donors (Lipinski definition) is 4. The maximum Gasteiger partial charge on any atom is 0.321 e. The quantitative estimate of drug-likeness (QED) is 0.274. The molecule has 6 N–H and O–H groups in total. The third-order valence-electron chi connectivity index (χ3n) is 2.30. The van der Waals surface area contributed by atoms with Gasteiger partial charge in [0.1, 0.15) is 6.04 Å². The molecule has 0 fully saturated rings. The third kappa shape index (κ3) is 4.90. The van der Waals surface area contributed by atoms with Gasteiger partial charge in [0.05, 0.1) is 6.26 Å². The molecule has 0 aliphatic rings. The summed E-state index contributed by atoms with van der Waals surface area (Å²) in [5.41, 5.74) is 10.2. The van der Waals surface area contributed by atoms with E-state index in [1.807, 2.05) is 0 Å². The van der Waals surface area contributed by atoms with Crippen LogP contribution < -0.4 is 16.2 Å². The first-order valence-corrected chi connectivity index (χ1v) is 7.15. The number of hydrogen-bond acceptors (Lipinski definition) is 5. The standard InChI is InChI=1S/C10H16N4O5S/c11-10(12)13-5-1-3-7(9(15)16)14-20(17,18)8-4-2-6-19-8/h2,4,6-7,14H,1,3,5H2,(H,15,16)(H4,11,12,13)/t7-/m0/s1. The number of nitrogens with two attached hydrogens (primary N) is 2. The van der Waals surface area contributed by atoms with E-state index >= 15 is 0 Å². The summed E-state index contributed by atoms with van der Waals surface area (Å²) in [6, 6.07) is 1.34. The highest BCUT2D eigenvalue weighted by atomic mass is 32.2. The Hall–Kier alpha value is -2.07. The fourth-order valence-corrected chi connectivity index (χ4v) is 2.55. The van der Waals surface area contributed by atoms with Crippen LogP contribution >= 0.6 is 0 Å². The molecule has 0 spiro atoms. The van der Waals surface area contributed by atoms with Crippen LogP contribution in [0.2, 0.25) is 0 Å². The predicted molar refractivity (Wildman–Crippen MR) is 70.4 cm³/mol. The minimum Gasteiger partial charge on any atom is -0.480 e. The van der Waals surface area contributed by atoms with Gasteiger partial charge in [-0.1, -0.05) is 0 Å². The number of sulfonamides is 1. The van der Waals surface area contributed by atoms with Crippen LogP contribution in [0.25, 0.3) is 0 Å². The third-order valence-corrected chi connectivity index (χ3v) is 3.66. The summed E-state index contributed by atoms with van der Waals surface area (Å²) in [5.74, 6) is -1.39. The van der Waals surface area contributed by atoms with E-state index in [1.165, 1.54) is 18.4 Å². The number of rotatable bonds is 8. The lowest BCUT2D eigenvalue weighted by Gasteiger charge is -2.12. The van der Waals surface area contributed by atoms with Gasteiger partial charge in [-0.2, -0.15) is 4.72 Å². The van der Waals surface area contributed by atoms with Crippen LogP contribution in [-0.2, 0) is 14.8 Å². The largest absolute Gasteiger partial charge is 0.480 e. The smallest absolute Gasteiger partial charge is 0.321 e. The summed E-state index contributed by atoms with van der Waals surface area (Å²) in [4.78, 5) is 14.7. The first-order valence-electron chi connectivity index (χ1n) is 5.67. The van der Waals surface area contributed by atoms with Crippen LogP contribution in [0.5, 0.6) is 0 Å². The van der Waals surface area contributed by atoms with Gasteiger partial charge in [-0.25, -0.2) is 8.42 Å². The molecule has 1 aromatic heterocycles. The molecular formula is C10H16N4O5S. The van der Waals surface area contributed by atoms with Crippen molar-refractivity contribution in [2.45, 2.75) is 24.0 Å². The molecule has 0 saturated carbocycles. The lowest BCUT2D eigenvalue weighted by atomic mass is 10.2. The van der Waals surface area contributed by atoms with Crippen LogP contribution in [0.4, 0.5) is 0 Å². The molecule has 1 rings (SSSR count). The van der Waals surface area contributed by atoms with Gasteiger partial charge in [-0.05, 0) is 25.0 Å². The molecule has 0 radical (unpaired) electrons. The molecule has 0 saturated heterocycles. The van der Waals surface area contributed by atoms with Crippen molar-refractivity contribution in [1.82, 2.24) is 4.72 Å². The monoisotopic (exact) mass is 304 g/mol. The Balaban J connectivity index is 2.64. The number of aliphatic imine (C=N–C) groups is 1. The van der Waals surface area contributed by atoms with Gasteiger partial charge in [0, 0.05) is 6.54 Å². The van der Waals surface area contributed by atoms with Crippen molar-refractivity contribution in [3.8, 4) is 0 Å². The molecule has 20 heavy (non-hydrogen) atoms. The Labute approximate surface area is 115 Å². The van der Waals surface area contributed by atoms with E-state index in [9.17, 15) is 13.2 Å². The summed E-state index contributed by atoms with van der Waals surface area (Å²) < 4.78 is 30.4. The highest BCUT2D eigenvalue weighted by Gasteiger charge is 2.26. The van der Waals surface area contributed by atoms with Gasteiger partial charge in [-0.3, -0.25) is 9.79 Å². The van der Waals surface area contributed by atoms with Crippen molar-refractivity contribution in [3.63, 3.8) is 0 Å². The maximum atomic E-state index is 11.8. The average molecular weight is 304 g/mol. The van der Waals surface area contributed by atoms with E-state index in [-0.39, 0.29) is 24.0 Å². The van der Waals surface area contributed by atoms with Gasteiger partial charge in [0.2, 0.25) is 5.09 Å². The van der Waals surface area contributed by atoms with Gasteiger partial charge in [0.15, 0.2) is 5.96 Å². The Morgan fingerprint density at radius 1 is 1.50 bits per heavy atom. The summed E-state index contributed by atoms with van der Waals surface area (Å²) in [6.45, 7) is 0.217. The first kappa shape index (κ1) is 16.0. The second-order valence-corrected chi connectivity index (χ2v) is 5.54. The fraction of sp³-hybridized carbons (Fsp3) is 0.400. The van der Waals surface area contributed by atoms with Crippen LogP contribution in [0.15, 0.2) is 32.9 Å². The van der Waals surface area contributed by atoms with E-state index in [1.54, 1.807) is 0 Å². The Morgan fingerprint density at radius 2 is 2.20 bits per heavy atom. The summed E-state index contributed by atoms with van der Waals surface area (Å²) in [6.07, 6.45) is 1.55. The van der Waals surface area contributed by atoms with E-state index in [4.69, 9.17) is 21.0 Å². The Bertz CT molecular complexity index is 562. The molecule has 0 bridgehead atoms. The van der Waals surface area contributed by atoms with Crippen molar-refractivity contribution in [2.24, 2.45) is 16.5 Å². The van der Waals surface area contributed by atoms with Gasteiger partial charge < -0.3 is 21.0 Å². The van der Waals surface area contributed by atoms with Crippen molar-refractivity contribution < 1.29 is 22.7 Å². The molecule has 1 aromatic rings. The minimum atomic E-state index is -4.00. The van der Waals surface area contributed by atoms with E-state index in [0.29, 0.717) is 6.42 Å².